The summed E-state index contributed by atoms with van der Waals surface area (Å²) in [5.74, 6) is 0.170. The zero-order valence-corrected chi connectivity index (χ0v) is 18.3. The molecule has 0 aliphatic carbocycles. The van der Waals surface area contributed by atoms with Crippen LogP contribution in [0.15, 0.2) is 65.2 Å². The van der Waals surface area contributed by atoms with Gasteiger partial charge in [-0.05, 0) is 17.7 Å². The van der Waals surface area contributed by atoms with Crippen LogP contribution in [0.1, 0.15) is 24.8 Å². The summed E-state index contributed by atoms with van der Waals surface area (Å²) in [6.45, 7) is 2.44. The van der Waals surface area contributed by atoms with E-state index in [0.717, 1.165) is 11.1 Å². The monoisotopic (exact) mass is 440 g/mol. The van der Waals surface area contributed by atoms with Crippen LogP contribution in [0.5, 0.6) is 0 Å². The summed E-state index contributed by atoms with van der Waals surface area (Å²) in [4.78, 5) is 30.8. The minimum Gasteiger partial charge on any atom is -0.469 e. The fourth-order valence-electron chi connectivity index (χ4n) is 3.25. The van der Waals surface area contributed by atoms with Crippen LogP contribution in [0.4, 0.5) is 0 Å². The van der Waals surface area contributed by atoms with Crippen molar-refractivity contribution in [1.82, 2.24) is 9.88 Å². The van der Waals surface area contributed by atoms with Crippen LogP contribution in [0.3, 0.4) is 0 Å². The minimum atomic E-state index is -0.425. The minimum absolute atomic E-state index is 0.0860. The number of carbonyl (C=O) groups excluding carboxylic acids is 2. The highest BCUT2D eigenvalue weighted by Gasteiger charge is 2.22. The highest BCUT2D eigenvalue weighted by atomic mass is 35.5. The van der Waals surface area contributed by atoms with E-state index in [-0.39, 0.29) is 24.8 Å². The second-order valence-corrected chi connectivity index (χ2v) is 7.69. The number of oxazole rings is 1. The lowest BCUT2D eigenvalue weighted by molar-refractivity contribution is -0.146. The molecule has 0 aliphatic heterocycles. The number of esters is 1. The molecule has 0 saturated carbocycles. The van der Waals surface area contributed by atoms with E-state index in [9.17, 15) is 9.59 Å². The molecule has 1 aromatic heterocycles. The van der Waals surface area contributed by atoms with Crippen LogP contribution < -0.4 is 0 Å². The first-order valence-electron chi connectivity index (χ1n) is 10.1. The zero-order valence-electron chi connectivity index (χ0n) is 17.6. The van der Waals surface area contributed by atoms with Crippen molar-refractivity contribution in [2.45, 2.75) is 26.3 Å². The molecule has 1 heterocycles. The molecule has 0 spiro atoms. The predicted octanol–water partition coefficient (Wildman–Crippen LogP) is 4.77. The quantitative estimate of drug-likeness (QED) is 0.448. The van der Waals surface area contributed by atoms with Crippen molar-refractivity contribution in [2.75, 3.05) is 13.7 Å². The summed E-state index contributed by atoms with van der Waals surface area (Å²) in [7, 11) is 1.35. The van der Waals surface area contributed by atoms with Gasteiger partial charge in [-0.1, -0.05) is 61.0 Å². The van der Waals surface area contributed by atoms with Gasteiger partial charge in [-0.15, -0.1) is 0 Å². The van der Waals surface area contributed by atoms with Crippen molar-refractivity contribution in [3.8, 4) is 11.3 Å². The molecule has 162 valence electrons. The van der Waals surface area contributed by atoms with E-state index in [1.54, 1.807) is 24.1 Å². The van der Waals surface area contributed by atoms with Crippen LogP contribution in [-0.4, -0.2) is 35.4 Å². The van der Waals surface area contributed by atoms with Gasteiger partial charge in [0, 0.05) is 31.5 Å². The number of carbonyl (C=O) groups is 2. The number of halogens is 1. The Labute approximate surface area is 186 Å². The molecule has 6 nitrogen and oxygen atoms in total. The standard InChI is InChI=1S/C24H25ClN2O4/c1-17(24(29)30-2)15-27(16-18-8-4-3-5-9-18)23(28)13-12-22-26-14-21(31-22)19-10-6-7-11-20(19)25/h3-11,14,17H,12-13,15-16H2,1-2H3/t17-/m1/s1. The Morgan fingerprint density at radius 3 is 2.55 bits per heavy atom. The first kappa shape index (κ1) is 22.6. The number of aromatic nitrogens is 1. The van der Waals surface area contributed by atoms with E-state index >= 15 is 0 Å². The van der Waals surface area contributed by atoms with Crippen molar-refractivity contribution in [2.24, 2.45) is 5.92 Å². The second kappa shape index (κ2) is 10.8. The van der Waals surface area contributed by atoms with Gasteiger partial charge < -0.3 is 14.1 Å². The van der Waals surface area contributed by atoms with E-state index in [4.69, 9.17) is 20.8 Å². The molecule has 3 rings (SSSR count). The Kier molecular flexibility index (Phi) is 7.84. The third kappa shape index (κ3) is 6.18. The molecule has 0 radical (unpaired) electrons. The molecule has 1 amide bonds. The smallest absolute Gasteiger partial charge is 0.310 e. The molecule has 2 aromatic carbocycles. The van der Waals surface area contributed by atoms with Crippen molar-refractivity contribution in [3.05, 3.63) is 77.3 Å². The molecule has 0 fully saturated rings. The largest absolute Gasteiger partial charge is 0.469 e. The summed E-state index contributed by atoms with van der Waals surface area (Å²) >= 11 is 6.21. The summed E-state index contributed by atoms with van der Waals surface area (Å²) in [5, 5.41) is 0.576. The van der Waals surface area contributed by atoms with Gasteiger partial charge in [0.05, 0.1) is 24.2 Å². The Morgan fingerprint density at radius 2 is 1.84 bits per heavy atom. The van der Waals surface area contributed by atoms with Gasteiger partial charge in [-0.3, -0.25) is 9.59 Å². The van der Waals surface area contributed by atoms with E-state index in [1.807, 2.05) is 48.5 Å². The number of benzene rings is 2. The first-order valence-corrected chi connectivity index (χ1v) is 10.4. The maximum atomic E-state index is 13.0. The Morgan fingerprint density at radius 1 is 1.13 bits per heavy atom. The molecule has 1 atom stereocenters. The van der Waals surface area contributed by atoms with Crippen molar-refractivity contribution in [3.63, 3.8) is 0 Å². The predicted molar refractivity (Wildman–Crippen MR) is 118 cm³/mol. The lowest BCUT2D eigenvalue weighted by atomic mass is 10.1. The summed E-state index contributed by atoms with van der Waals surface area (Å²) in [6.07, 6.45) is 2.17. The van der Waals surface area contributed by atoms with Crippen LogP contribution in [0.25, 0.3) is 11.3 Å². The van der Waals surface area contributed by atoms with Crippen molar-refractivity contribution >= 4 is 23.5 Å². The molecular weight excluding hydrogens is 416 g/mol. The van der Waals surface area contributed by atoms with E-state index in [0.29, 0.717) is 29.6 Å². The maximum Gasteiger partial charge on any atom is 0.310 e. The van der Waals surface area contributed by atoms with Crippen molar-refractivity contribution in [1.29, 1.82) is 0 Å². The molecule has 31 heavy (non-hydrogen) atoms. The van der Waals surface area contributed by atoms with Gasteiger partial charge in [-0.25, -0.2) is 4.98 Å². The lowest BCUT2D eigenvalue weighted by Crippen LogP contribution is -2.37. The Balaban J connectivity index is 1.67. The van der Waals surface area contributed by atoms with Gasteiger partial charge in [-0.2, -0.15) is 0 Å². The number of hydrogen-bond donors (Lipinski definition) is 0. The molecule has 0 bridgehead atoms. The average molecular weight is 441 g/mol. The highest BCUT2D eigenvalue weighted by Crippen LogP contribution is 2.28. The normalized spacial score (nSPS) is 11.7. The molecule has 0 saturated heterocycles. The molecule has 0 unspecified atom stereocenters. The number of rotatable bonds is 9. The molecule has 3 aromatic rings. The fraction of sp³-hybridized carbons (Fsp3) is 0.292. The highest BCUT2D eigenvalue weighted by molar-refractivity contribution is 6.33. The number of amides is 1. The molecular formula is C24H25ClN2O4. The van der Waals surface area contributed by atoms with Gasteiger partial charge in [0.2, 0.25) is 5.91 Å². The number of ether oxygens (including phenoxy) is 1. The SMILES string of the molecule is COC(=O)[C@H](C)CN(Cc1ccccc1)C(=O)CCc1ncc(-c2ccccc2Cl)o1. The maximum absolute atomic E-state index is 13.0. The first-order chi connectivity index (χ1) is 15.0. The van der Waals surface area contributed by atoms with Gasteiger partial charge in [0.25, 0.3) is 0 Å². The zero-order chi connectivity index (χ0) is 22.2. The van der Waals surface area contributed by atoms with Crippen LogP contribution >= 0.6 is 11.6 Å². The second-order valence-electron chi connectivity index (χ2n) is 7.28. The lowest BCUT2D eigenvalue weighted by Gasteiger charge is -2.25. The average Bonchev–Trinajstić information content (AvgIpc) is 3.26. The topological polar surface area (TPSA) is 72.6 Å². The van der Waals surface area contributed by atoms with E-state index in [2.05, 4.69) is 4.98 Å². The van der Waals surface area contributed by atoms with Crippen LogP contribution in [0, 0.1) is 5.92 Å². The van der Waals surface area contributed by atoms with Gasteiger partial charge >= 0.3 is 5.97 Å². The summed E-state index contributed by atoms with van der Waals surface area (Å²) in [6, 6.07) is 17.0. The summed E-state index contributed by atoms with van der Waals surface area (Å²) < 4.78 is 10.6. The Bertz CT molecular complexity index is 1020. The number of aryl methyl sites for hydroxylation is 1. The summed E-state index contributed by atoms with van der Waals surface area (Å²) in [5.41, 5.74) is 1.75. The molecule has 0 aliphatic rings. The molecule has 0 N–H and O–H groups in total. The molecule has 7 heteroatoms. The van der Waals surface area contributed by atoms with Crippen LogP contribution in [0.2, 0.25) is 5.02 Å². The van der Waals surface area contributed by atoms with E-state index in [1.165, 1.54) is 7.11 Å². The van der Waals surface area contributed by atoms with Gasteiger partial charge in [0.15, 0.2) is 11.7 Å². The third-order valence-electron chi connectivity index (χ3n) is 4.91. The van der Waals surface area contributed by atoms with Gasteiger partial charge in [0.1, 0.15) is 0 Å². The number of hydrogen-bond acceptors (Lipinski definition) is 5. The van der Waals surface area contributed by atoms with E-state index < -0.39 is 5.92 Å². The third-order valence-corrected chi connectivity index (χ3v) is 5.24. The number of nitrogens with zero attached hydrogens (tertiary/aromatic N) is 2. The fourth-order valence-corrected chi connectivity index (χ4v) is 3.48. The van der Waals surface area contributed by atoms with Crippen molar-refractivity contribution < 1.29 is 18.7 Å². The number of methoxy groups -OCH3 is 1. The Hall–Kier alpha value is -3.12. The van der Waals surface area contributed by atoms with Crippen LogP contribution in [-0.2, 0) is 27.3 Å².